The topological polar surface area (TPSA) is 68.3 Å². The van der Waals surface area contributed by atoms with E-state index in [9.17, 15) is 14.0 Å². The second-order valence-electron chi connectivity index (χ2n) is 11.4. The molecule has 0 aliphatic carbocycles. The molecule has 33 heavy (non-hydrogen) atoms. The SMILES string of the molecule is CC(C)(C)OC(=O)N1CC2CN(C(=O)c3ccc(B4OC(C)(C)C(C)(C)O4)cc3F)CC2C1. The Bertz CT molecular complexity index is 931. The summed E-state index contributed by atoms with van der Waals surface area (Å²) in [6.07, 6.45) is -0.320. The lowest BCUT2D eigenvalue weighted by Crippen LogP contribution is -2.41. The number of benzene rings is 1. The van der Waals surface area contributed by atoms with Crippen molar-refractivity contribution in [3.63, 3.8) is 0 Å². The average molecular weight is 460 g/mol. The van der Waals surface area contributed by atoms with Gasteiger partial charge in [-0.1, -0.05) is 6.07 Å². The molecule has 0 radical (unpaired) electrons. The molecule has 1 aromatic carbocycles. The Morgan fingerprint density at radius 1 is 1.00 bits per heavy atom. The number of hydrogen-bond acceptors (Lipinski definition) is 5. The minimum atomic E-state index is -0.682. The first-order chi connectivity index (χ1) is 15.2. The summed E-state index contributed by atoms with van der Waals surface area (Å²) in [6.45, 7) is 15.4. The van der Waals surface area contributed by atoms with Crippen molar-refractivity contribution in [3.8, 4) is 0 Å². The fourth-order valence-electron chi connectivity index (χ4n) is 4.64. The van der Waals surface area contributed by atoms with Gasteiger partial charge in [-0.3, -0.25) is 4.79 Å². The summed E-state index contributed by atoms with van der Waals surface area (Å²) >= 11 is 0. The second-order valence-corrected chi connectivity index (χ2v) is 11.4. The summed E-state index contributed by atoms with van der Waals surface area (Å²) < 4.78 is 32.4. The maximum atomic E-state index is 15.0. The molecule has 3 aliphatic rings. The maximum absolute atomic E-state index is 15.0. The van der Waals surface area contributed by atoms with Gasteiger partial charge in [0.1, 0.15) is 11.4 Å². The van der Waals surface area contributed by atoms with Gasteiger partial charge in [-0.25, -0.2) is 9.18 Å². The Labute approximate surface area is 195 Å². The third-order valence-corrected chi connectivity index (χ3v) is 7.17. The van der Waals surface area contributed by atoms with Crippen LogP contribution in [0.3, 0.4) is 0 Å². The summed E-state index contributed by atoms with van der Waals surface area (Å²) in [5.41, 5.74) is -0.999. The monoisotopic (exact) mass is 460 g/mol. The van der Waals surface area contributed by atoms with Crippen LogP contribution < -0.4 is 5.46 Å². The van der Waals surface area contributed by atoms with Crippen molar-refractivity contribution in [1.82, 2.24) is 9.80 Å². The molecule has 3 fully saturated rings. The van der Waals surface area contributed by atoms with Gasteiger partial charge in [0.25, 0.3) is 5.91 Å². The predicted octanol–water partition coefficient (Wildman–Crippen LogP) is 3.06. The molecule has 9 heteroatoms. The van der Waals surface area contributed by atoms with E-state index in [-0.39, 0.29) is 29.4 Å². The molecule has 0 aromatic heterocycles. The van der Waals surface area contributed by atoms with E-state index in [1.165, 1.54) is 12.1 Å². The van der Waals surface area contributed by atoms with Crippen LogP contribution in [0.5, 0.6) is 0 Å². The van der Waals surface area contributed by atoms with Crippen LogP contribution in [0.15, 0.2) is 18.2 Å². The Morgan fingerprint density at radius 2 is 1.52 bits per heavy atom. The van der Waals surface area contributed by atoms with Crippen LogP contribution in [0.4, 0.5) is 9.18 Å². The number of carbonyl (C=O) groups is 2. The van der Waals surface area contributed by atoms with E-state index in [0.29, 0.717) is 31.6 Å². The highest BCUT2D eigenvalue weighted by Crippen LogP contribution is 2.37. The number of likely N-dealkylation sites (tertiary alicyclic amines) is 2. The van der Waals surface area contributed by atoms with Crippen LogP contribution in [0.2, 0.25) is 0 Å². The van der Waals surface area contributed by atoms with Gasteiger partial charge in [-0.15, -0.1) is 0 Å². The predicted molar refractivity (Wildman–Crippen MR) is 123 cm³/mol. The minimum absolute atomic E-state index is 0.0410. The normalized spacial score (nSPS) is 26.0. The molecule has 0 saturated carbocycles. The molecule has 2 atom stereocenters. The van der Waals surface area contributed by atoms with Crippen molar-refractivity contribution in [3.05, 3.63) is 29.6 Å². The molecule has 3 saturated heterocycles. The van der Waals surface area contributed by atoms with Gasteiger partial charge in [0.15, 0.2) is 0 Å². The molecule has 2 unspecified atom stereocenters. The number of amides is 2. The summed E-state index contributed by atoms with van der Waals surface area (Å²) in [5, 5.41) is 0. The molecule has 0 bridgehead atoms. The Morgan fingerprint density at radius 3 is 2.00 bits per heavy atom. The van der Waals surface area contributed by atoms with E-state index in [0.717, 1.165) is 0 Å². The van der Waals surface area contributed by atoms with E-state index < -0.39 is 29.7 Å². The molecular weight excluding hydrogens is 426 g/mol. The van der Waals surface area contributed by atoms with Crippen molar-refractivity contribution in [2.24, 2.45) is 11.8 Å². The van der Waals surface area contributed by atoms with Gasteiger partial charge in [0, 0.05) is 38.0 Å². The second kappa shape index (κ2) is 7.98. The van der Waals surface area contributed by atoms with Crippen LogP contribution >= 0.6 is 0 Å². The third kappa shape index (κ3) is 4.62. The Kier molecular flexibility index (Phi) is 5.81. The first-order valence-corrected chi connectivity index (χ1v) is 11.6. The summed E-state index contributed by atoms with van der Waals surface area (Å²) in [6, 6.07) is 4.54. The van der Waals surface area contributed by atoms with Gasteiger partial charge in [0.2, 0.25) is 0 Å². The smallest absolute Gasteiger partial charge is 0.444 e. The molecule has 0 N–H and O–H groups in total. The third-order valence-electron chi connectivity index (χ3n) is 7.17. The number of nitrogens with zero attached hydrogens (tertiary/aromatic N) is 2. The fourth-order valence-corrected chi connectivity index (χ4v) is 4.64. The van der Waals surface area contributed by atoms with Crippen LogP contribution in [0.25, 0.3) is 0 Å². The number of rotatable bonds is 2. The highest BCUT2D eigenvalue weighted by atomic mass is 19.1. The van der Waals surface area contributed by atoms with Crippen LogP contribution in [0, 0.1) is 17.7 Å². The number of hydrogen-bond donors (Lipinski definition) is 0. The number of carbonyl (C=O) groups excluding carboxylic acids is 2. The van der Waals surface area contributed by atoms with Crippen LogP contribution in [-0.2, 0) is 14.0 Å². The Balaban J connectivity index is 1.39. The highest BCUT2D eigenvalue weighted by molar-refractivity contribution is 6.62. The van der Waals surface area contributed by atoms with Crippen molar-refractivity contribution in [1.29, 1.82) is 0 Å². The summed E-state index contributed by atoms with van der Waals surface area (Å²) in [4.78, 5) is 28.8. The minimum Gasteiger partial charge on any atom is -0.444 e. The zero-order chi connectivity index (χ0) is 24.3. The molecule has 7 nitrogen and oxygen atoms in total. The van der Waals surface area contributed by atoms with Crippen molar-refractivity contribution in [2.45, 2.75) is 65.3 Å². The molecule has 1 aromatic rings. The van der Waals surface area contributed by atoms with Gasteiger partial charge in [-0.05, 0) is 66.1 Å². The summed E-state index contributed by atoms with van der Waals surface area (Å²) in [5.74, 6) is -0.562. The zero-order valence-electron chi connectivity index (χ0n) is 20.6. The lowest BCUT2D eigenvalue weighted by Gasteiger charge is -2.32. The van der Waals surface area contributed by atoms with Gasteiger partial charge in [-0.2, -0.15) is 0 Å². The first kappa shape index (κ1) is 24.0. The fraction of sp³-hybridized carbons (Fsp3) is 0.667. The molecule has 3 aliphatic heterocycles. The molecule has 0 spiro atoms. The quantitative estimate of drug-likeness (QED) is 0.635. The van der Waals surface area contributed by atoms with Gasteiger partial charge >= 0.3 is 13.2 Å². The lowest BCUT2D eigenvalue weighted by molar-refractivity contribution is 0.00578. The van der Waals surface area contributed by atoms with E-state index in [4.69, 9.17) is 14.0 Å². The van der Waals surface area contributed by atoms with Crippen molar-refractivity contribution < 1.29 is 28.0 Å². The number of ether oxygens (including phenoxy) is 1. The standard InChI is InChI=1S/C24H34BFN2O5/c1-22(2,3)31-21(30)28-13-15-11-27(12-16(15)14-28)20(29)18-9-8-17(10-19(18)26)25-32-23(4,5)24(6,7)33-25/h8-10,15-16H,11-14H2,1-7H3. The molecular formula is C24H34BFN2O5. The largest absolute Gasteiger partial charge is 0.494 e. The number of halogens is 1. The van der Waals surface area contributed by atoms with E-state index in [1.54, 1.807) is 15.9 Å². The maximum Gasteiger partial charge on any atom is 0.494 e. The van der Waals surface area contributed by atoms with Crippen molar-refractivity contribution in [2.75, 3.05) is 26.2 Å². The van der Waals surface area contributed by atoms with Crippen LogP contribution in [-0.4, -0.2) is 71.9 Å². The lowest BCUT2D eigenvalue weighted by atomic mass is 9.78. The molecule has 3 heterocycles. The first-order valence-electron chi connectivity index (χ1n) is 11.6. The Hall–Kier alpha value is -2.13. The van der Waals surface area contributed by atoms with Gasteiger partial charge in [0.05, 0.1) is 16.8 Å². The van der Waals surface area contributed by atoms with Crippen molar-refractivity contribution >= 4 is 24.6 Å². The highest BCUT2D eigenvalue weighted by Gasteiger charge is 2.52. The average Bonchev–Trinajstić information content (AvgIpc) is 3.29. The molecule has 2 amide bonds. The van der Waals surface area contributed by atoms with E-state index in [2.05, 4.69) is 0 Å². The van der Waals surface area contributed by atoms with Gasteiger partial charge < -0.3 is 23.8 Å². The number of fused-ring (bicyclic) bond motifs is 1. The molecule has 180 valence electrons. The van der Waals surface area contributed by atoms with E-state index in [1.807, 2.05) is 48.5 Å². The zero-order valence-corrected chi connectivity index (χ0v) is 20.6. The molecule has 4 rings (SSSR count). The van der Waals surface area contributed by atoms with E-state index >= 15 is 0 Å². The summed E-state index contributed by atoms with van der Waals surface area (Å²) in [7, 11) is -0.682. The van der Waals surface area contributed by atoms with Crippen LogP contribution in [0.1, 0.15) is 58.8 Å².